The minimum absolute atomic E-state index is 0. The molecule has 1 aliphatic heterocycles. The molecule has 1 aromatic rings. The van der Waals surface area contributed by atoms with E-state index in [-0.39, 0.29) is 17.0 Å². The summed E-state index contributed by atoms with van der Waals surface area (Å²) in [6, 6.07) is 0. The molecule has 0 aliphatic carbocycles. The molecule has 0 bridgehead atoms. The van der Waals surface area contributed by atoms with E-state index in [0.29, 0.717) is 13.2 Å². The van der Waals surface area contributed by atoms with Crippen molar-refractivity contribution in [3.8, 4) is 0 Å². The van der Waals surface area contributed by atoms with Gasteiger partial charge in [-0.3, -0.25) is 4.99 Å². The van der Waals surface area contributed by atoms with E-state index in [1.54, 1.807) is 14.2 Å². The summed E-state index contributed by atoms with van der Waals surface area (Å²) in [6.45, 7) is 9.83. The first-order valence-corrected chi connectivity index (χ1v) is 8.25. The largest absolute Gasteiger partial charge is 0.378 e. The van der Waals surface area contributed by atoms with Gasteiger partial charge in [0.2, 0.25) is 0 Å². The predicted molar refractivity (Wildman–Crippen MR) is 106 cm³/mol. The number of ether oxygens (including phenoxy) is 2. The van der Waals surface area contributed by atoms with Gasteiger partial charge >= 0.3 is 0 Å². The number of nitrogens with one attached hydrogen (secondary N) is 1. The van der Waals surface area contributed by atoms with Crippen molar-refractivity contribution in [1.82, 2.24) is 4.98 Å². The van der Waals surface area contributed by atoms with Crippen molar-refractivity contribution in [3.63, 3.8) is 0 Å². The highest BCUT2D eigenvalue weighted by Crippen LogP contribution is 2.30. The molecule has 5 heteroatoms. The molecule has 0 radical (unpaired) electrons. The van der Waals surface area contributed by atoms with Crippen molar-refractivity contribution in [3.05, 3.63) is 39.4 Å². The Morgan fingerprint density at radius 3 is 2.25 bits per heavy atom. The highest BCUT2D eigenvalue weighted by atomic mass is 79.9. The molecule has 0 aromatic carbocycles. The Hall–Kier alpha value is -1.17. The Bertz CT molecular complexity index is 669. The molecule has 0 fully saturated rings. The van der Waals surface area contributed by atoms with Gasteiger partial charge in [-0.25, -0.2) is 0 Å². The van der Waals surface area contributed by atoms with Crippen LogP contribution in [0.15, 0.2) is 21.8 Å². The van der Waals surface area contributed by atoms with E-state index in [4.69, 9.17) is 14.5 Å². The van der Waals surface area contributed by atoms with Crippen LogP contribution >= 0.6 is 17.0 Å². The molecule has 0 saturated carbocycles. The zero-order valence-electron chi connectivity index (χ0n) is 15.6. The van der Waals surface area contributed by atoms with Gasteiger partial charge in [0.25, 0.3) is 0 Å². The third-order valence-electron chi connectivity index (χ3n) is 4.51. The molecule has 1 N–H and O–H groups in total. The molecule has 0 amide bonds. The monoisotopic (exact) mass is 396 g/mol. The van der Waals surface area contributed by atoms with E-state index in [9.17, 15) is 0 Å². The lowest BCUT2D eigenvalue weighted by Crippen LogP contribution is -2.07. The number of hydrogen-bond acceptors (Lipinski definition) is 3. The quantitative estimate of drug-likeness (QED) is 0.720. The van der Waals surface area contributed by atoms with Crippen LogP contribution in [-0.2, 0) is 22.5 Å². The van der Waals surface area contributed by atoms with Crippen molar-refractivity contribution in [2.45, 2.75) is 47.1 Å². The van der Waals surface area contributed by atoms with Crippen LogP contribution < -0.4 is 0 Å². The minimum atomic E-state index is 0. The standard InChI is InChI=1S/C19H28N2O2.BrH/c1-7-14-12(3)16(20-18(14)10-22-5)9-17-13(4)15(8-2)19(21-17)11-23-6;/h9,20H,7-8,10-11H2,1-6H3;1H/b17-9-;. The van der Waals surface area contributed by atoms with E-state index >= 15 is 0 Å². The van der Waals surface area contributed by atoms with E-state index in [2.05, 4.69) is 38.8 Å². The van der Waals surface area contributed by atoms with Crippen LogP contribution in [-0.4, -0.2) is 31.5 Å². The number of aliphatic imine (C=N–C) groups is 1. The number of aromatic amines is 1. The topological polar surface area (TPSA) is 46.6 Å². The van der Waals surface area contributed by atoms with Crippen LogP contribution in [0.4, 0.5) is 0 Å². The second kappa shape index (κ2) is 9.35. The van der Waals surface area contributed by atoms with E-state index in [1.807, 2.05) is 0 Å². The highest BCUT2D eigenvalue weighted by Gasteiger charge is 2.20. The minimum Gasteiger partial charge on any atom is -0.378 e. The summed E-state index contributed by atoms with van der Waals surface area (Å²) in [4.78, 5) is 8.29. The molecule has 24 heavy (non-hydrogen) atoms. The van der Waals surface area contributed by atoms with E-state index in [0.717, 1.165) is 35.6 Å². The summed E-state index contributed by atoms with van der Waals surface area (Å²) in [6.07, 6.45) is 4.13. The van der Waals surface area contributed by atoms with Crippen molar-refractivity contribution < 1.29 is 9.47 Å². The molecular formula is C19H29BrN2O2. The number of hydrogen-bond donors (Lipinski definition) is 1. The lowest BCUT2D eigenvalue weighted by molar-refractivity contribution is 0.181. The summed E-state index contributed by atoms with van der Waals surface area (Å²) in [5.41, 5.74) is 9.55. The Kier molecular flexibility index (Phi) is 8.13. The molecule has 0 unspecified atom stereocenters. The first-order valence-electron chi connectivity index (χ1n) is 8.25. The molecule has 134 valence electrons. The van der Waals surface area contributed by atoms with Gasteiger partial charge in [0.05, 0.1) is 24.6 Å². The van der Waals surface area contributed by atoms with Crippen molar-refractivity contribution in [2.75, 3.05) is 20.8 Å². The van der Waals surface area contributed by atoms with Crippen LogP contribution in [0.5, 0.6) is 0 Å². The number of rotatable bonds is 7. The fourth-order valence-corrected chi connectivity index (χ4v) is 3.28. The average Bonchev–Trinajstić information content (AvgIpc) is 2.98. The van der Waals surface area contributed by atoms with Crippen LogP contribution in [0, 0.1) is 6.92 Å². The van der Waals surface area contributed by atoms with Crippen LogP contribution in [0.1, 0.15) is 49.7 Å². The van der Waals surface area contributed by atoms with Crippen molar-refractivity contribution in [1.29, 1.82) is 0 Å². The van der Waals surface area contributed by atoms with Gasteiger partial charge in [0, 0.05) is 25.6 Å². The predicted octanol–water partition coefficient (Wildman–Crippen LogP) is 4.78. The number of nitrogens with zero attached hydrogens (tertiary/aromatic N) is 1. The lowest BCUT2D eigenvalue weighted by atomic mass is 10.0. The average molecular weight is 397 g/mol. The number of aromatic nitrogens is 1. The Morgan fingerprint density at radius 1 is 1.04 bits per heavy atom. The Balaban J connectivity index is 0.00000288. The number of methoxy groups -OCH3 is 2. The Morgan fingerprint density at radius 2 is 1.71 bits per heavy atom. The lowest BCUT2D eigenvalue weighted by Gasteiger charge is -2.03. The summed E-state index contributed by atoms with van der Waals surface area (Å²) in [7, 11) is 3.44. The fourth-order valence-electron chi connectivity index (χ4n) is 3.28. The van der Waals surface area contributed by atoms with Gasteiger partial charge in [-0.05, 0) is 55.0 Å². The molecular weight excluding hydrogens is 368 g/mol. The number of H-pyrrole nitrogens is 1. The Labute approximate surface area is 155 Å². The number of halogens is 1. The molecule has 1 aliphatic rings. The van der Waals surface area contributed by atoms with Gasteiger partial charge in [-0.2, -0.15) is 0 Å². The summed E-state index contributed by atoms with van der Waals surface area (Å²) in [5, 5.41) is 0. The third-order valence-corrected chi connectivity index (χ3v) is 4.51. The number of allylic oxidation sites excluding steroid dienone is 1. The molecule has 0 spiro atoms. The van der Waals surface area contributed by atoms with Crippen molar-refractivity contribution >= 4 is 28.8 Å². The van der Waals surface area contributed by atoms with Crippen LogP contribution in [0.2, 0.25) is 0 Å². The first-order chi connectivity index (χ1) is 11.1. The van der Waals surface area contributed by atoms with E-state index in [1.165, 1.54) is 22.3 Å². The van der Waals surface area contributed by atoms with Gasteiger partial charge < -0.3 is 14.5 Å². The van der Waals surface area contributed by atoms with Crippen molar-refractivity contribution in [2.24, 2.45) is 4.99 Å². The van der Waals surface area contributed by atoms with Gasteiger partial charge in [0.15, 0.2) is 0 Å². The van der Waals surface area contributed by atoms with Crippen LogP contribution in [0.25, 0.3) is 6.08 Å². The van der Waals surface area contributed by atoms with Gasteiger partial charge in [0.1, 0.15) is 0 Å². The van der Waals surface area contributed by atoms with Gasteiger partial charge in [-0.15, -0.1) is 17.0 Å². The second-order valence-corrected chi connectivity index (χ2v) is 5.89. The molecule has 4 nitrogen and oxygen atoms in total. The molecule has 2 heterocycles. The van der Waals surface area contributed by atoms with E-state index < -0.39 is 0 Å². The zero-order chi connectivity index (χ0) is 17.0. The summed E-state index contributed by atoms with van der Waals surface area (Å²) < 4.78 is 10.6. The second-order valence-electron chi connectivity index (χ2n) is 5.89. The van der Waals surface area contributed by atoms with Crippen LogP contribution in [0.3, 0.4) is 0 Å². The first kappa shape index (κ1) is 20.9. The SMILES string of the molecule is Br.CCC1=C(C)/C(=C/c2[nH]c(COC)c(CC)c2C)N=C1COC. The summed E-state index contributed by atoms with van der Waals surface area (Å²) >= 11 is 0. The molecule has 2 rings (SSSR count). The molecule has 1 aromatic heterocycles. The normalized spacial score (nSPS) is 15.9. The maximum Gasteiger partial charge on any atom is 0.0887 e. The molecule has 0 atom stereocenters. The third kappa shape index (κ3) is 4.08. The maximum absolute atomic E-state index is 5.31. The van der Waals surface area contributed by atoms with Gasteiger partial charge in [-0.1, -0.05) is 13.8 Å². The smallest absolute Gasteiger partial charge is 0.0887 e. The maximum atomic E-state index is 5.31. The highest BCUT2D eigenvalue weighted by molar-refractivity contribution is 8.93. The zero-order valence-corrected chi connectivity index (χ0v) is 17.3. The molecule has 0 saturated heterocycles. The fraction of sp³-hybridized carbons (Fsp3) is 0.526. The summed E-state index contributed by atoms with van der Waals surface area (Å²) in [5.74, 6) is 0.